The van der Waals surface area contributed by atoms with E-state index < -0.39 is 17.6 Å². The average Bonchev–Trinajstić information content (AvgIpc) is 3.47. The van der Waals surface area contributed by atoms with Gasteiger partial charge in [0.2, 0.25) is 5.88 Å². The lowest BCUT2D eigenvalue weighted by Gasteiger charge is -2.27. The number of ether oxygens (including phenoxy) is 3. The highest BCUT2D eigenvalue weighted by Gasteiger charge is 2.24. The van der Waals surface area contributed by atoms with Crippen LogP contribution in [0.1, 0.15) is 33.9 Å². The van der Waals surface area contributed by atoms with Gasteiger partial charge in [-0.3, -0.25) is 4.68 Å². The third-order valence-corrected chi connectivity index (χ3v) is 7.90. The van der Waals surface area contributed by atoms with E-state index in [9.17, 15) is 4.79 Å². The van der Waals surface area contributed by atoms with Gasteiger partial charge in [-0.2, -0.15) is 5.10 Å². The lowest BCUT2D eigenvalue weighted by Crippen LogP contribution is -2.31. The maximum Gasteiger partial charge on any atom is 0.337 e. The summed E-state index contributed by atoms with van der Waals surface area (Å²) in [5, 5.41) is 4.31. The normalized spacial score (nSPS) is 14.6. The van der Waals surface area contributed by atoms with E-state index in [1.165, 1.54) is 13.2 Å². The molecule has 1 atom stereocenters. The van der Waals surface area contributed by atoms with E-state index in [1.54, 1.807) is 48.1 Å². The molecule has 6 rings (SSSR count). The van der Waals surface area contributed by atoms with Crippen molar-refractivity contribution in [3.8, 4) is 17.1 Å². The fraction of sp³-hybridized carbons (Fsp3) is 0.267. The fourth-order valence-corrected chi connectivity index (χ4v) is 5.19. The average molecular weight is 638 g/mol. The summed E-state index contributed by atoms with van der Waals surface area (Å²) in [6.07, 6.45) is 0.892. The maximum atomic E-state index is 15.5. The summed E-state index contributed by atoms with van der Waals surface area (Å²) in [5.74, 6) is -0.892. The highest BCUT2D eigenvalue weighted by atomic mass is 79.9. The molecule has 0 radical (unpaired) electrons. The maximum absolute atomic E-state index is 15.5. The van der Waals surface area contributed by atoms with E-state index >= 15 is 8.78 Å². The Morgan fingerprint density at radius 2 is 1.95 bits per heavy atom. The number of carbonyl (C=O) groups excluding carboxylic acids is 1. The van der Waals surface area contributed by atoms with Crippen LogP contribution in [0.15, 0.2) is 59.2 Å². The first-order valence-electron chi connectivity index (χ1n) is 13.2. The molecule has 9 nitrogen and oxygen atoms in total. The van der Waals surface area contributed by atoms with Crippen LogP contribution in [0.25, 0.3) is 22.3 Å². The van der Waals surface area contributed by atoms with E-state index in [-0.39, 0.29) is 41.8 Å². The first kappa shape index (κ1) is 28.0. The molecule has 1 aliphatic heterocycles. The zero-order chi connectivity index (χ0) is 29.4. The van der Waals surface area contributed by atoms with Crippen molar-refractivity contribution in [2.45, 2.75) is 32.1 Å². The third kappa shape index (κ3) is 5.64. The second kappa shape index (κ2) is 11.6. The van der Waals surface area contributed by atoms with Crippen LogP contribution in [0.5, 0.6) is 5.88 Å². The third-order valence-electron chi connectivity index (χ3n) is 7.15. The predicted octanol–water partition coefficient (Wildman–Crippen LogP) is 5.62. The predicted molar refractivity (Wildman–Crippen MR) is 153 cm³/mol. The van der Waals surface area contributed by atoms with Gasteiger partial charge in [-0.25, -0.2) is 23.5 Å². The Balaban J connectivity index is 1.27. The molecule has 0 bridgehead atoms. The van der Waals surface area contributed by atoms with Crippen LogP contribution in [-0.2, 0) is 36.1 Å². The Kier molecular flexibility index (Phi) is 7.74. The molecule has 0 unspecified atom stereocenters. The quantitative estimate of drug-likeness (QED) is 0.194. The zero-order valence-electron chi connectivity index (χ0n) is 22.8. The lowest BCUT2D eigenvalue weighted by molar-refractivity contribution is -0.0589. The second-order valence-electron chi connectivity index (χ2n) is 9.95. The van der Waals surface area contributed by atoms with Crippen molar-refractivity contribution in [1.82, 2.24) is 24.3 Å². The summed E-state index contributed by atoms with van der Waals surface area (Å²) in [4.78, 5) is 21.2. The largest absolute Gasteiger partial charge is 0.471 e. The van der Waals surface area contributed by atoms with E-state index in [1.807, 2.05) is 10.6 Å². The number of hydrogen-bond acceptors (Lipinski definition) is 7. The molecule has 0 aliphatic carbocycles. The van der Waals surface area contributed by atoms with Gasteiger partial charge in [-0.1, -0.05) is 6.07 Å². The van der Waals surface area contributed by atoms with Crippen LogP contribution in [0, 0.1) is 11.6 Å². The summed E-state index contributed by atoms with van der Waals surface area (Å²) in [5.41, 5.74) is 2.79. The van der Waals surface area contributed by atoms with Gasteiger partial charge in [-0.15, -0.1) is 0 Å². The summed E-state index contributed by atoms with van der Waals surface area (Å²) >= 11 is 3.39. The van der Waals surface area contributed by atoms with Crippen LogP contribution in [-0.4, -0.2) is 50.1 Å². The molecular weight excluding hydrogens is 612 g/mol. The van der Waals surface area contributed by atoms with Crippen molar-refractivity contribution >= 4 is 32.9 Å². The number of imidazole rings is 1. The van der Waals surface area contributed by atoms with Crippen molar-refractivity contribution in [3.63, 3.8) is 0 Å². The number of aromatic nitrogens is 5. The lowest BCUT2D eigenvalue weighted by atomic mass is 10.0. The summed E-state index contributed by atoms with van der Waals surface area (Å²) < 4.78 is 51.5. The number of pyridine rings is 1. The summed E-state index contributed by atoms with van der Waals surface area (Å²) in [7, 11) is 3.12. The van der Waals surface area contributed by atoms with E-state index in [0.717, 1.165) is 17.1 Å². The van der Waals surface area contributed by atoms with Gasteiger partial charge in [0.05, 0.1) is 42.0 Å². The number of fused-ring (bicyclic) bond motifs is 1. The van der Waals surface area contributed by atoms with E-state index in [4.69, 9.17) is 14.2 Å². The molecule has 216 valence electrons. The van der Waals surface area contributed by atoms with Crippen molar-refractivity contribution in [2.24, 2.45) is 7.05 Å². The van der Waals surface area contributed by atoms with Crippen LogP contribution >= 0.6 is 15.9 Å². The molecule has 1 aliphatic rings. The van der Waals surface area contributed by atoms with Gasteiger partial charge in [0.15, 0.2) is 0 Å². The Hall–Kier alpha value is -4.16. The van der Waals surface area contributed by atoms with E-state index in [0.29, 0.717) is 41.3 Å². The molecule has 1 fully saturated rings. The van der Waals surface area contributed by atoms with Crippen molar-refractivity contribution in [3.05, 3.63) is 93.5 Å². The number of nitrogens with zero attached hydrogens (tertiary/aromatic N) is 5. The standard InChI is InChI=1S/C30H26BrF2N5O4/c1-37-27(31)13-19(36-37)16-42-29-5-3-4-24(35-29)21-14-22(32)18(10-23(21)33)12-28-34-25-7-6-17(30(39)40-2)11-26(25)38(28)15-20-8-9-41-20/h3-7,10-11,13-14,20H,8-9,12,15-16H2,1-2H3/t20-/m0/s1. The number of halogens is 3. The minimum absolute atomic E-state index is 0.0152. The van der Waals surface area contributed by atoms with Crippen LogP contribution < -0.4 is 4.74 Å². The van der Waals surface area contributed by atoms with Gasteiger partial charge in [-0.05, 0) is 70.4 Å². The molecule has 3 aromatic heterocycles. The summed E-state index contributed by atoms with van der Waals surface area (Å²) in [6, 6.07) is 14.1. The number of aryl methyl sites for hydroxylation is 1. The van der Waals surface area contributed by atoms with Gasteiger partial charge in [0.1, 0.15) is 34.4 Å². The number of benzene rings is 2. The van der Waals surface area contributed by atoms with Crippen molar-refractivity contribution < 1.29 is 27.8 Å². The molecular formula is C30H26BrF2N5O4. The topological polar surface area (TPSA) is 93.3 Å². The number of esters is 1. The Labute approximate surface area is 248 Å². The SMILES string of the molecule is COC(=O)c1ccc2nc(Cc3cc(F)c(-c4cccc(OCc5cc(Br)n(C)n5)n4)cc3F)n(C[C@@H]3CCO3)c2c1. The Morgan fingerprint density at radius 1 is 1.12 bits per heavy atom. The molecule has 0 amide bonds. The minimum Gasteiger partial charge on any atom is -0.471 e. The molecule has 5 aromatic rings. The number of rotatable bonds is 9. The smallest absolute Gasteiger partial charge is 0.337 e. The highest BCUT2D eigenvalue weighted by Crippen LogP contribution is 2.29. The van der Waals surface area contributed by atoms with Crippen LogP contribution in [0.2, 0.25) is 0 Å². The first-order valence-corrected chi connectivity index (χ1v) is 14.0. The van der Waals surface area contributed by atoms with E-state index in [2.05, 4.69) is 31.0 Å². The molecule has 0 N–H and O–H groups in total. The van der Waals surface area contributed by atoms with Gasteiger partial charge >= 0.3 is 5.97 Å². The minimum atomic E-state index is -0.623. The molecule has 0 spiro atoms. The van der Waals surface area contributed by atoms with Gasteiger partial charge in [0.25, 0.3) is 0 Å². The van der Waals surface area contributed by atoms with Crippen molar-refractivity contribution in [1.29, 1.82) is 0 Å². The number of carbonyl (C=O) groups is 1. The number of hydrogen-bond donors (Lipinski definition) is 0. The monoisotopic (exact) mass is 637 g/mol. The first-order chi connectivity index (χ1) is 20.3. The molecule has 4 heterocycles. The van der Waals surface area contributed by atoms with Crippen molar-refractivity contribution in [2.75, 3.05) is 13.7 Å². The molecule has 2 aromatic carbocycles. The molecule has 12 heteroatoms. The van der Waals surface area contributed by atoms with Crippen LogP contribution in [0.3, 0.4) is 0 Å². The Morgan fingerprint density at radius 3 is 2.67 bits per heavy atom. The molecule has 0 saturated carbocycles. The number of methoxy groups -OCH3 is 1. The zero-order valence-corrected chi connectivity index (χ0v) is 24.4. The van der Waals surface area contributed by atoms with Gasteiger partial charge < -0.3 is 18.8 Å². The van der Waals surface area contributed by atoms with Gasteiger partial charge in [0, 0.05) is 31.7 Å². The summed E-state index contributed by atoms with van der Waals surface area (Å²) in [6.45, 7) is 1.31. The van der Waals surface area contributed by atoms with Crippen LogP contribution in [0.4, 0.5) is 8.78 Å². The molecule has 1 saturated heterocycles. The second-order valence-corrected chi connectivity index (χ2v) is 10.8. The highest BCUT2D eigenvalue weighted by molar-refractivity contribution is 9.10. The Bertz CT molecular complexity index is 1780. The fourth-order valence-electron chi connectivity index (χ4n) is 4.84. The molecule has 42 heavy (non-hydrogen) atoms.